The van der Waals surface area contributed by atoms with Crippen molar-refractivity contribution in [2.45, 2.75) is 5.03 Å². The summed E-state index contributed by atoms with van der Waals surface area (Å²) in [5.74, 6) is 0.0685. The number of carbonyl (C=O) groups excluding carboxylic acids is 1. The topological polar surface area (TPSA) is 137 Å². The van der Waals surface area contributed by atoms with Crippen LogP contribution in [0.4, 0.5) is 10.7 Å². The van der Waals surface area contributed by atoms with E-state index in [2.05, 4.69) is 36.2 Å². The van der Waals surface area contributed by atoms with Crippen molar-refractivity contribution in [1.29, 1.82) is 0 Å². The van der Waals surface area contributed by atoms with Crippen molar-refractivity contribution in [2.75, 3.05) is 19.5 Å². The Hall–Kier alpha value is -2.41. The largest absolute Gasteiger partial charge is 0.481 e. The zero-order valence-corrected chi connectivity index (χ0v) is 15.2. The molecule has 0 aliphatic heterocycles. The lowest BCUT2D eigenvalue weighted by Gasteiger charge is -2.08. The number of nitrogens with zero attached hydrogens (tertiary/aromatic N) is 4. The van der Waals surface area contributed by atoms with Crippen LogP contribution in [0.2, 0.25) is 0 Å². The zero-order valence-electron chi connectivity index (χ0n) is 12.8. The lowest BCUT2D eigenvalue weighted by Crippen LogP contribution is -2.35. The van der Waals surface area contributed by atoms with Gasteiger partial charge >= 0.3 is 6.03 Å². The summed E-state index contributed by atoms with van der Waals surface area (Å²) in [4.78, 5) is 23.3. The Morgan fingerprint density at radius 1 is 1.25 bits per heavy atom. The van der Waals surface area contributed by atoms with Gasteiger partial charge in [-0.05, 0) is 15.9 Å². The Morgan fingerprint density at radius 2 is 1.83 bits per heavy atom. The molecule has 0 unspecified atom stereocenters. The maximum absolute atomic E-state index is 12.1. The smallest absolute Gasteiger partial charge is 0.335 e. The number of aromatic nitrogens is 4. The second-order valence-corrected chi connectivity index (χ2v) is 6.64. The molecule has 0 aliphatic carbocycles. The van der Waals surface area contributed by atoms with E-state index in [1.165, 1.54) is 31.2 Å². The maximum atomic E-state index is 12.1. The van der Waals surface area contributed by atoms with Crippen LogP contribution in [0, 0.1) is 0 Å². The van der Waals surface area contributed by atoms with Gasteiger partial charge in [0, 0.05) is 7.05 Å². The Bertz CT molecular complexity index is 846. The number of ether oxygens (including phenoxy) is 2. The molecule has 24 heavy (non-hydrogen) atoms. The van der Waals surface area contributed by atoms with Crippen molar-refractivity contribution >= 4 is 37.9 Å². The highest BCUT2D eigenvalue weighted by Crippen LogP contribution is 2.20. The van der Waals surface area contributed by atoms with Crippen LogP contribution in [0.5, 0.6) is 11.8 Å². The number of nitrogens with one attached hydrogen (secondary N) is 2. The van der Waals surface area contributed by atoms with Crippen LogP contribution in [-0.4, -0.2) is 48.2 Å². The zero-order chi connectivity index (χ0) is 17.9. The van der Waals surface area contributed by atoms with E-state index in [0.717, 1.165) is 0 Å². The number of aryl methyl sites for hydroxylation is 1. The summed E-state index contributed by atoms with van der Waals surface area (Å²) in [6, 6.07) is 0.327. The van der Waals surface area contributed by atoms with Gasteiger partial charge < -0.3 is 14.0 Å². The van der Waals surface area contributed by atoms with Crippen LogP contribution in [0.3, 0.4) is 0 Å². The van der Waals surface area contributed by atoms with Crippen LogP contribution in [0.15, 0.2) is 22.0 Å². The molecule has 0 spiro atoms. The molecule has 0 radical (unpaired) electrons. The molecule has 2 rings (SSSR count). The summed E-state index contributed by atoms with van der Waals surface area (Å²) in [7, 11) is 0.150. The summed E-state index contributed by atoms with van der Waals surface area (Å²) in [5, 5.41) is 1.85. The summed E-state index contributed by atoms with van der Waals surface area (Å²) in [5.41, 5.74) is 0. The minimum atomic E-state index is -4.18. The predicted octanol–water partition coefficient (Wildman–Crippen LogP) is 0.500. The molecule has 2 aromatic rings. The normalized spacial score (nSPS) is 11.0. The molecule has 2 N–H and O–H groups in total. The van der Waals surface area contributed by atoms with Crippen LogP contribution < -0.4 is 19.5 Å². The number of methoxy groups -OCH3 is 2. The number of hydrogen-bond donors (Lipinski definition) is 2. The highest BCUT2D eigenvalue weighted by molar-refractivity contribution is 9.10. The molecular weight excluding hydrogens is 408 g/mol. The second-order valence-electron chi connectivity index (χ2n) is 4.29. The number of anilines is 1. The summed E-state index contributed by atoms with van der Waals surface area (Å²) < 4.78 is 37.6. The minimum Gasteiger partial charge on any atom is -0.481 e. The third-order valence-corrected chi connectivity index (χ3v) is 5.10. The Kier molecular flexibility index (Phi) is 5.23. The van der Waals surface area contributed by atoms with E-state index in [-0.39, 0.29) is 27.3 Å². The number of carbonyl (C=O) groups is 1. The third kappa shape index (κ3) is 3.91. The predicted molar refractivity (Wildman–Crippen MR) is 85.4 cm³/mol. The fourth-order valence-corrected chi connectivity index (χ4v) is 3.32. The van der Waals surface area contributed by atoms with Crippen molar-refractivity contribution in [2.24, 2.45) is 7.05 Å². The van der Waals surface area contributed by atoms with Crippen LogP contribution in [0.25, 0.3) is 0 Å². The van der Waals surface area contributed by atoms with Gasteiger partial charge in [0.1, 0.15) is 4.60 Å². The molecule has 0 saturated carbocycles. The van der Waals surface area contributed by atoms with Gasteiger partial charge in [0.25, 0.3) is 10.0 Å². The van der Waals surface area contributed by atoms with Gasteiger partial charge in [-0.1, -0.05) is 0 Å². The lowest BCUT2D eigenvalue weighted by atomic mass is 10.6. The van der Waals surface area contributed by atoms with E-state index >= 15 is 0 Å². The minimum absolute atomic E-state index is 0.132. The van der Waals surface area contributed by atoms with Gasteiger partial charge in [0.2, 0.25) is 22.7 Å². The van der Waals surface area contributed by atoms with Crippen LogP contribution in [-0.2, 0) is 17.1 Å². The highest BCUT2D eigenvalue weighted by Gasteiger charge is 2.24. The van der Waals surface area contributed by atoms with E-state index in [0.29, 0.717) is 0 Å². The van der Waals surface area contributed by atoms with Crippen molar-refractivity contribution in [1.82, 2.24) is 24.2 Å². The number of hydrogen-bond acceptors (Lipinski definition) is 8. The standard InChI is InChI=1S/C11H13BrN6O5S/c1-18-5-13-9(8(18)12)24(20,21)17-11(19)16-10-14-6(22-2)4-7(15-10)23-3/h4-5H,1-3H3,(H2,14,15,16,17,19). The third-order valence-electron chi connectivity index (χ3n) is 2.64. The average molecular weight is 421 g/mol. The number of halogens is 1. The van der Waals surface area contributed by atoms with Gasteiger partial charge in [-0.25, -0.2) is 14.5 Å². The van der Waals surface area contributed by atoms with E-state index in [9.17, 15) is 13.2 Å². The maximum Gasteiger partial charge on any atom is 0.335 e. The number of sulfonamides is 1. The number of rotatable bonds is 5. The van der Waals surface area contributed by atoms with Crippen molar-refractivity contribution < 1.29 is 22.7 Å². The molecular formula is C11H13BrN6O5S. The van der Waals surface area contributed by atoms with E-state index in [1.54, 1.807) is 11.8 Å². The van der Waals surface area contributed by atoms with Crippen LogP contribution in [0.1, 0.15) is 0 Å². The molecule has 11 nitrogen and oxygen atoms in total. The van der Waals surface area contributed by atoms with Gasteiger partial charge in [0.15, 0.2) is 0 Å². The van der Waals surface area contributed by atoms with Gasteiger partial charge in [-0.15, -0.1) is 0 Å². The Balaban J connectivity index is 2.17. The highest BCUT2D eigenvalue weighted by atomic mass is 79.9. The molecule has 130 valence electrons. The molecule has 0 atom stereocenters. The first-order chi connectivity index (χ1) is 11.3. The molecule has 0 bridgehead atoms. The molecule has 2 aromatic heterocycles. The van der Waals surface area contributed by atoms with E-state index in [1.807, 2.05) is 0 Å². The van der Waals surface area contributed by atoms with E-state index in [4.69, 9.17) is 9.47 Å². The van der Waals surface area contributed by atoms with Crippen molar-refractivity contribution in [3.05, 3.63) is 17.0 Å². The molecule has 0 fully saturated rings. The molecule has 2 amide bonds. The number of amides is 2. The number of urea groups is 1. The molecule has 0 aliphatic rings. The summed E-state index contributed by atoms with van der Waals surface area (Å²) in [6.07, 6.45) is 1.28. The first-order valence-electron chi connectivity index (χ1n) is 6.24. The quantitative estimate of drug-likeness (QED) is 0.712. The monoisotopic (exact) mass is 420 g/mol. The molecule has 0 aromatic carbocycles. The summed E-state index contributed by atoms with van der Waals surface area (Å²) in [6.45, 7) is 0. The van der Waals surface area contributed by atoms with E-state index < -0.39 is 16.1 Å². The fraction of sp³-hybridized carbons (Fsp3) is 0.273. The lowest BCUT2D eigenvalue weighted by molar-refractivity contribution is 0.256. The first kappa shape index (κ1) is 17.9. The van der Waals surface area contributed by atoms with Gasteiger partial charge in [0.05, 0.1) is 26.6 Å². The first-order valence-corrected chi connectivity index (χ1v) is 8.52. The van der Waals surface area contributed by atoms with Crippen molar-refractivity contribution in [3.8, 4) is 11.8 Å². The molecule has 13 heteroatoms. The van der Waals surface area contributed by atoms with Gasteiger partial charge in [-0.2, -0.15) is 18.4 Å². The Morgan fingerprint density at radius 3 is 2.29 bits per heavy atom. The molecule has 2 heterocycles. The Labute approximate surface area is 145 Å². The number of imidazole rings is 1. The second kappa shape index (κ2) is 7.00. The van der Waals surface area contributed by atoms with Gasteiger partial charge in [-0.3, -0.25) is 5.32 Å². The molecule has 0 saturated heterocycles. The average Bonchev–Trinajstić information content (AvgIpc) is 2.86. The fourth-order valence-electron chi connectivity index (χ4n) is 1.54. The van der Waals surface area contributed by atoms with Crippen molar-refractivity contribution in [3.63, 3.8) is 0 Å². The summed E-state index contributed by atoms with van der Waals surface area (Å²) >= 11 is 3.07. The van der Waals surface area contributed by atoms with Crippen LogP contribution >= 0.6 is 15.9 Å². The SMILES string of the molecule is COc1cc(OC)nc(NC(=O)NS(=O)(=O)c2ncn(C)c2Br)n1.